The normalized spacial score (nSPS) is 10.2. The molecule has 0 atom stereocenters. The summed E-state index contributed by atoms with van der Waals surface area (Å²) in [4.78, 5) is 3.81. The van der Waals surface area contributed by atoms with Crippen LogP contribution in [0.4, 0.5) is 5.82 Å². The second kappa shape index (κ2) is 2.04. The Morgan fingerprint density at radius 2 is 2.36 bits per heavy atom. The Morgan fingerprint density at radius 1 is 1.45 bits per heavy atom. The molecule has 56 valence electrons. The maximum absolute atomic E-state index is 5.38. The molecule has 2 rings (SSSR count). The third kappa shape index (κ3) is 0.820. The lowest BCUT2D eigenvalue weighted by atomic mass is 10.4. The van der Waals surface area contributed by atoms with Crippen LogP contribution in [0.15, 0.2) is 11.0 Å². The van der Waals surface area contributed by atoms with Crippen molar-refractivity contribution in [1.82, 2.24) is 25.5 Å². The van der Waals surface area contributed by atoms with Gasteiger partial charge in [0.2, 0.25) is 0 Å². The van der Waals surface area contributed by atoms with Crippen molar-refractivity contribution in [2.24, 2.45) is 0 Å². The van der Waals surface area contributed by atoms with Crippen LogP contribution < -0.4 is 5.73 Å². The van der Waals surface area contributed by atoms with E-state index in [2.05, 4.69) is 30.1 Å². The molecule has 0 amide bonds. The van der Waals surface area contributed by atoms with Gasteiger partial charge in [-0.25, -0.2) is 9.61 Å². The predicted octanol–water partition coefficient (Wildman–Crippen LogP) is -0.563. The van der Waals surface area contributed by atoms with Crippen molar-refractivity contribution < 1.29 is 4.63 Å². The van der Waals surface area contributed by atoms with Gasteiger partial charge in [0.15, 0.2) is 17.3 Å². The van der Waals surface area contributed by atoms with Crippen molar-refractivity contribution in [3.63, 3.8) is 0 Å². The van der Waals surface area contributed by atoms with Gasteiger partial charge >= 0.3 is 0 Å². The Hall–Kier alpha value is -1.92. The summed E-state index contributed by atoms with van der Waals surface area (Å²) in [5, 5.41) is 13.1. The third-order valence-corrected chi connectivity index (χ3v) is 1.15. The number of nitrogens with two attached hydrogens (primary N) is 1. The molecule has 0 fully saturated rings. The van der Waals surface area contributed by atoms with Crippen molar-refractivity contribution in [3.8, 4) is 11.5 Å². The molecule has 0 saturated heterocycles. The molecule has 0 aliphatic heterocycles. The second-order valence-corrected chi connectivity index (χ2v) is 1.83. The van der Waals surface area contributed by atoms with Crippen LogP contribution in [0.3, 0.4) is 0 Å². The number of H-pyrrole nitrogens is 1. The Morgan fingerprint density at radius 3 is 2.91 bits per heavy atom. The molecule has 2 aromatic rings. The minimum Gasteiger partial charge on any atom is -0.379 e. The van der Waals surface area contributed by atoms with Crippen molar-refractivity contribution >= 4 is 5.82 Å². The van der Waals surface area contributed by atoms with Crippen LogP contribution in [-0.2, 0) is 0 Å². The van der Waals surface area contributed by atoms with E-state index in [0.29, 0.717) is 11.5 Å². The number of nitrogens with zero attached hydrogens (tertiary/aromatic N) is 4. The van der Waals surface area contributed by atoms with Crippen LogP contribution in [0.2, 0.25) is 0 Å². The van der Waals surface area contributed by atoms with Crippen LogP contribution >= 0.6 is 0 Å². The lowest BCUT2D eigenvalue weighted by Gasteiger charge is -1.84. The van der Waals surface area contributed by atoms with Crippen LogP contribution in [0.1, 0.15) is 0 Å². The molecule has 7 heteroatoms. The number of nitrogen functional groups attached to an aromatic ring is 1. The molecule has 0 bridgehead atoms. The topological polar surface area (TPSA) is 107 Å². The van der Waals surface area contributed by atoms with Gasteiger partial charge in [0.1, 0.15) is 6.33 Å². The van der Waals surface area contributed by atoms with Gasteiger partial charge in [0.05, 0.1) is 0 Å². The molecule has 0 spiro atoms. The minimum atomic E-state index is 0.196. The first-order valence-corrected chi connectivity index (χ1v) is 2.81. The predicted molar refractivity (Wildman–Crippen MR) is 34.1 cm³/mol. The minimum absolute atomic E-state index is 0.196. The number of hydrogen-bond acceptors (Lipinski definition) is 6. The van der Waals surface area contributed by atoms with Gasteiger partial charge in [0.25, 0.3) is 0 Å². The molecule has 0 unspecified atom stereocenters. The molecular weight excluding hydrogens is 148 g/mol. The molecule has 2 aromatic heterocycles. The Balaban J connectivity index is 2.53. The van der Waals surface area contributed by atoms with E-state index < -0.39 is 0 Å². The van der Waals surface area contributed by atoms with E-state index in [4.69, 9.17) is 5.73 Å². The fraction of sp³-hybridized carbons (Fsp3) is 0. The van der Waals surface area contributed by atoms with Gasteiger partial charge < -0.3 is 5.73 Å². The Bertz CT molecular complexity index is 337. The lowest BCUT2D eigenvalue weighted by molar-refractivity contribution is 0.310. The van der Waals surface area contributed by atoms with Crippen LogP contribution in [0, 0.1) is 0 Å². The first-order chi connectivity index (χ1) is 5.38. The quantitative estimate of drug-likeness (QED) is 0.567. The van der Waals surface area contributed by atoms with E-state index in [-0.39, 0.29) is 5.82 Å². The molecule has 0 aliphatic rings. The highest BCUT2D eigenvalue weighted by Crippen LogP contribution is 2.15. The molecule has 11 heavy (non-hydrogen) atoms. The van der Waals surface area contributed by atoms with Gasteiger partial charge in [0, 0.05) is 0 Å². The second-order valence-electron chi connectivity index (χ2n) is 1.83. The summed E-state index contributed by atoms with van der Waals surface area (Å²) in [6.07, 6.45) is 1.35. The maximum Gasteiger partial charge on any atom is 0.199 e. The van der Waals surface area contributed by atoms with E-state index >= 15 is 0 Å². The van der Waals surface area contributed by atoms with Gasteiger partial charge in [-0.3, -0.25) is 5.10 Å². The first kappa shape index (κ1) is 5.83. The van der Waals surface area contributed by atoms with E-state index in [9.17, 15) is 0 Å². The average Bonchev–Trinajstić information content (AvgIpc) is 2.55. The third-order valence-electron chi connectivity index (χ3n) is 1.15. The van der Waals surface area contributed by atoms with Gasteiger partial charge in [-0.15, -0.1) is 0 Å². The molecular formula is C4H4N6O. The molecule has 3 N–H and O–H groups in total. The molecule has 0 radical (unpaired) electrons. The standard InChI is InChI=1S/C4H4N6O/c5-3-2(9-11-10-3)4-6-1-7-8-4/h1H,(H2,5,10)(H,6,7,8). The van der Waals surface area contributed by atoms with Gasteiger partial charge in [-0.05, 0) is 10.3 Å². The number of anilines is 1. The largest absolute Gasteiger partial charge is 0.379 e. The number of aromatic amines is 1. The molecule has 7 nitrogen and oxygen atoms in total. The van der Waals surface area contributed by atoms with Crippen molar-refractivity contribution in [1.29, 1.82) is 0 Å². The fourth-order valence-electron chi connectivity index (χ4n) is 0.679. The summed E-state index contributed by atoms with van der Waals surface area (Å²) >= 11 is 0. The lowest BCUT2D eigenvalue weighted by Crippen LogP contribution is -1.89. The highest BCUT2D eigenvalue weighted by atomic mass is 16.6. The first-order valence-electron chi connectivity index (χ1n) is 2.81. The summed E-state index contributed by atoms with van der Waals surface area (Å²) < 4.78 is 4.36. The zero-order valence-corrected chi connectivity index (χ0v) is 5.35. The number of hydrogen-bond donors (Lipinski definition) is 2. The van der Waals surface area contributed by atoms with Crippen LogP contribution in [0.5, 0.6) is 0 Å². The van der Waals surface area contributed by atoms with Crippen molar-refractivity contribution in [3.05, 3.63) is 6.33 Å². The van der Waals surface area contributed by atoms with E-state index in [0.717, 1.165) is 0 Å². The zero-order chi connectivity index (χ0) is 7.68. The van der Waals surface area contributed by atoms with Crippen molar-refractivity contribution in [2.75, 3.05) is 5.73 Å². The van der Waals surface area contributed by atoms with Crippen molar-refractivity contribution in [2.45, 2.75) is 0 Å². The smallest absolute Gasteiger partial charge is 0.199 e. The Kier molecular flexibility index (Phi) is 1.08. The number of rotatable bonds is 1. The molecule has 0 saturated carbocycles. The number of nitrogens with one attached hydrogen (secondary N) is 1. The molecule has 0 aliphatic carbocycles. The van der Waals surface area contributed by atoms with Crippen LogP contribution in [0.25, 0.3) is 11.5 Å². The highest BCUT2D eigenvalue weighted by Gasteiger charge is 2.10. The Labute approximate surface area is 60.6 Å². The monoisotopic (exact) mass is 152 g/mol. The molecule has 2 heterocycles. The summed E-state index contributed by atoms with van der Waals surface area (Å²) in [5.41, 5.74) is 5.75. The zero-order valence-electron chi connectivity index (χ0n) is 5.35. The van der Waals surface area contributed by atoms with Gasteiger partial charge in [-0.2, -0.15) is 5.10 Å². The summed E-state index contributed by atoms with van der Waals surface area (Å²) in [5.74, 6) is 0.644. The van der Waals surface area contributed by atoms with E-state index in [1.807, 2.05) is 0 Å². The molecule has 0 aromatic carbocycles. The summed E-state index contributed by atoms with van der Waals surface area (Å²) in [7, 11) is 0. The average molecular weight is 152 g/mol. The summed E-state index contributed by atoms with van der Waals surface area (Å²) in [6, 6.07) is 0. The summed E-state index contributed by atoms with van der Waals surface area (Å²) in [6.45, 7) is 0. The fourth-order valence-corrected chi connectivity index (χ4v) is 0.679. The van der Waals surface area contributed by atoms with E-state index in [1.54, 1.807) is 0 Å². The SMILES string of the molecule is Nc1nonc1-c1ncn[nH]1. The van der Waals surface area contributed by atoms with Crippen LogP contribution in [-0.4, -0.2) is 25.5 Å². The number of aromatic nitrogens is 5. The van der Waals surface area contributed by atoms with Gasteiger partial charge in [-0.1, -0.05) is 0 Å². The highest BCUT2D eigenvalue weighted by molar-refractivity contribution is 5.61. The maximum atomic E-state index is 5.38. The van der Waals surface area contributed by atoms with E-state index in [1.165, 1.54) is 6.33 Å².